The summed E-state index contributed by atoms with van der Waals surface area (Å²) < 4.78 is 40.7. The fourth-order valence-corrected chi connectivity index (χ4v) is 5.18. The Morgan fingerprint density at radius 2 is 1.76 bits per heavy atom. The number of aryl methyl sites for hydroxylation is 2. The first-order valence-corrected chi connectivity index (χ1v) is 8.92. The third-order valence-electron chi connectivity index (χ3n) is 4.49. The molecule has 0 aromatic heterocycles. The van der Waals surface area contributed by atoms with Crippen LogP contribution >= 0.6 is 0 Å². The van der Waals surface area contributed by atoms with Crippen LogP contribution in [-0.4, -0.2) is 25.8 Å². The minimum atomic E-state index is -3.57. The highest BCUT2D eigenvalue weighted by molar-refractivity contribution is 7.89. The molecule has 2 atom stereocenters. The molecule has 2 rings (SSSR count). The molecule has 118 valence electrons. The van der Waals surface area contributed by atoms with Gasteiger partial charge in [0, 0.05) is 13.1 Å². The van der Waals surface area contributed by atoms with E-state index in [4.69, 9.17) is 0 Å². The largest absolute Gasteiger partial charge is 0.243 e. The van der Waals surface area contributed by atoms with Gasteiger partial charge in [0.1, 0.15) is 5.82 Å². The van der Waals surface area contributed by atoms with E-state index >= 15 is 0 Å². The first-order chi connectivity index (χ1) is 9.73. The predicted octanol–water partition coefficient (Wildman–Crippen LogP) is 3.64. The average Bonchev–Trinajstić information content (AvgIpc) is 2.36. The van der Waals surface area contributed by atoms with E-state index in [0.29, 0.717) is 17.0 Å². The van der Waals surface area contributed by atoms with Crippen molar-refractivity contribution in [3.63, 3.8) is 0 Å². The van der Waals surface area contributed by atoms with Gasteiger partial charge in [-0.1, -0.05) is 19.8 Å². The van der Waals surface area contributed by atoms with E-state index < -0.39 is 15.8 Å². The molecule has 1 aromatic carbocycles. The van der Waals surface area contributed by atoms with Crippen molar-refractivity contribution in [2.45, 2.75) is 57.4 Å². The van der Waals surface area contributed by atoms with Crippen molar-refractivity contribution >= 4 is 10.0 Å². The lowest BCUT2D eigenvalue weighted by molar-refractivity contribution is 0.239. The zero-order valence-electron chi connectivity index (χ0n) is 13.2. The molecule has 1 saturated carbocycles. The molecular formula is C16H24FNO2S. The number of hydrogen-bond donors (Lipinski definition) is 0. The number of halogens is 1. The van der Waals surface area contributed by atoms with Gasteiger partial charge in [-0.15, -0.1) is 0 Å². The zero-order valence-corrected chi connectivity index (χ0v) is 14.0. The van der Waals surface area contributed by atoms with Crippen molar-refractivity contribution in [3.8, 4) is 0 Å². The van der Waals surface area contributed by atoms with Gasteiger partial charge in [0.05, 0.1) is 4.90 Å². The summed E-state index contributed by atoms with van der Waals surface area (Å²) in [5.41, 5.74) is 0.950. The van der Waals surface area contributed by atoms with Crippen molar-refractivity contribution in [2.24, 2.45) is 5.92 Å². The number of hydrogen-bond acceptors (Lipinski definition) is 2. The van der Waals surface area contributed by atoms with Gasteiger partial charge in [0.25, 0.3) is 0 Å². The third kappa shape index (κ3) is 3.29. The van der Waals surface area contributed by atoms with E-state index in [1.54, 1.807) is 20.9 Å². The lowest BCUT2D eigenvalue weighted by Crippen LogP contribution is -2.40. The summed E-state index contributed by atoms with van der Waals surface area (Å²) in [4.78, 5) is 0.254. The van der Waals surface area contributed by atoms with Crippen LogP contribution in [0.2, 0.25) is 0 Å². The highest BCUT2D eigenvalue weighted by atomic mass is 32.2. The van der Waals surface area contributed by atoms with Gasteiger partial charge < -0.3 is 0 Å². The number of sulfonamides is 1. The van der Waals surface area contributed by atoms with Crippen molar-refractivity contribution in [1.82, 2.24) is 4.31 Å². The average molecular weight is 313 g/mol. The molecule has 1 fully saturated rings. The Kier molecular flexibility index (Phi) is 4.73. The Balaban J connectivity index is 2.38. The van der Waals surface area contributed by atoms with Crippen LogP contribution in [0, 0.1) is 25.6 Å². The SMILES string of the molecule is Cc1cc(F)cc(C)c1S(=O)(=O)N(C)C1CCCC(C)C1. The number of rotatable bonds is 3. The molecule has 1 aromatic rings. The molecule has 5 heteroatoms. The molecule has 3 nitrogen and oxygen atoms in total. The Bertz CT molecular complexity index is 604. The molecule has 0 aliphatic heterocycles. The highest BCUT2D eigenvalue weighted by Crippen LogP contribution is 2.32. The molecular weight excluding hydrogens is 289 g/mol. The van der Waals surface area contributed by atoms with Crippen molar-refractivity contribution < 1.29 is 12.8 Å². The Morgan fingerprint density at radius 3 is 2.29 bits per heavy atom. The van der Waals surface area contributed by atoms with Crippen molar-refractivity contribution in [2.75, 3.05) is 7.05 Å². The van der Waals surface area contributed by atoms with Gasteiger partial charge >= 0.3 is 0 Å². The molecule has 1 aliphatic carbocycles. The number of benzene rings is 1. The van der Waals surface area contributed by atoms with Crippen LogP contribution in [0.5, 0.6) is 0 Å². The smallest absolute Gasteiger partial charge is 0.207 e. The van der Waals surface area contributed by atoms with Crippen LogP contribution in [0.3, 0.4) is 0 Å². The van der Waals surface area contributed by atoms with Crippen LogP contribution in [0.15, 0.2) is 17.0 Å². The minimum absolute atomic E-state index is 0.0441. The first kappa shape index (κ1) is 16.4. The molecule has 0 heterocycles. The minimum Gasteiger partial charge on any atom is -0.207 e. The summed E-state index contributed by atoms with van der Waals surface area (Å²) in [6.45, 7) is 5.47. The first-order valence-electron chi connectivity index (χ1n) is 7.48. The summed E-state index contributed by atoms with van der Waals surface area (Å²) in [5.74, 6) is 0.162. The highest BCUT2D eigenvalue weighted by Gasteiger charge is 2.32. The van der Waals surface area contributed by atoms with Gasteiger partial charge in [0.15, 0.2) is 0 Å². The van der Waals surface area contributed by atoms with E-state index in [1.165, 1.54) is 22.9 Å². The molecule has 1 aliphatic rings. The maximum atomic E-state index is 13.4. The van der Waals surface area contributed by atoms with Crippen LogP contribution in [0.4, 0.5) is 4.39 Å². The second-order valence-electron chi connectivity index (χ2n) is 6.32. The maximum Gasteiger partial charge on any atom is 0.243 e. The van der Waals surface area contributed by atoms with Gasteiger partial charge in [0.2, 0.25) is 10.0 Å². The molecule has 2 unspecified atom stereocenters. The molecule has 0 saturated heterocycles. The summed E-state index contributed by atoms with van der Waals surface area (Å²) in [5, 5.41) is 0. The Hall–Kier alpha value is -0.940. The van der Waals surface area contributed by atoms with Gasteiger partial charge in [-0.3, -0.25) is 0 Å². The fourth-order valence-electron chi connectivity index (χ4n) is 3.38. The van der Waals surface area contributed by atoms with E-state index in [9.17, 15) is 12.8 Å². The van der Waals surface area contributed by atoms with Crippen LogP contribution in [-0.2, 0) is 10.0 Å². The monoisotopic (exact) mass is 313 g/mol. The van der Waals surface area contributed by atoms with Crippen molar-refractivity contribution in [1.29, 1.82) is 0 Å². The van der Waals surface area contributed by atoms with Gasteiger partial charge in [-0.2, -0.15) is 4.31 Å². The molecule has 0 spiro atoms. The van der Waals surface area contributed by atoms with Gasteiger partial charge in [-0.25, -0.2) is 12.8 Å². The third-order valence-corrected chi connectivity index (χ3v) is 6.70. The topological polar surface area (TPSA) is 37.4 Å². The van der Waals surface area contributed by atoms with Gasteiger partial charge in [-0.05, 0) is 55.9 Å². The Labute approximate surface area is 127 Å². The summed E-state index contributed by atoms with van der Waals surface area (Å²) in [6, 6.07) is 2.62. The van der Waals surface area contributed by atoms with Crippen LogP contribution in [0.25, 0.3) is 0 Å². The standard InChI is InChI=1S/C16H24FNO2S/c1-11-6-5-7-15(8-11)18(4)21(19,20)16-12(2)9-14(17)10-13(16)3/h9-11,15H,5-8H2,1-4H3. The van der Waals surface area contributed by atoms with E-state index in [1.807, 2.05) is 0 Å². The molecule has 0 bridgehead atoms. The second kappa shape index (κ2) is 6.05. The lowest BCUT2D eigenvalue weighted by Gasteiger charge is -2.34. The maximum absolute atomic E-state index is 13.4. The molecule has 0 N–H and O–H groups in total. The van der Waals surface area contributed by atoms with E-state index in [-0.39, 0.29) is 10.9 Å². The van der Waals surface area contributed by atoms with E-state index in [0.717, 1.165) is 19.3 Å². The van der Waals surface area contributed by atoms with Crippen LogP contribution in [0.1, 0.15) is 43.7 Å². The summed E-state index contributed by atoms with van der Waals surface area (Å²) in [6.07, 6.45) is 4.03. The predicted molar refractivity (Wildman–Crippen MR) is 82.2 cm³/mol. The van der Waals surface area contributed by atoms with Crippen LogP contribution < -0.4 is 0 Å². The summed E-state index contributed by atoms with van der Waals surface area (Å²) in [7, 11) is -1.92. The molecule has 0 radical (unpaired) electrons. The summed E-state index contributed by atoms with van der Waals surface area (Å²) >= 11 is 0. The Morgan fingerprint density at radius 1 is 1.19 bits per heavy atom. The zero-order chi connectivity index (χ0) is 15.8. The quantitative estimate of drug-likeness (QED) is 0.854. The second-order valence-corrected chi connectivity index (χ2v) is 8.25. The fraction of sp³-hybridized carbons (Fsp3) is 0.625. The lowest BCUT2D eigenvalue weighted by atomic mass is 9.87. The number of nitrogens with zero attached hydrogens (tertiary/aromatic N) is 1. The van der Waals surface area contributed by atoms with Crippen molar-refractivity contribution in [3.05, 3.63) is 29.1 Å². The normalized spacial score (nSPS) is 23.5. The molecule has 0 amide bonds. The van der Waals surface area contributed by atoms with E-state index in [2.05, 4.69) is 6.92 Å². The molecule has 21 heavy (non-hydrogen) atoms.